The molecule has 2 rings (SSSR count). The Labute approximate surface area is 113 Å². The van der Waals surface area contributed by atoms with Crippen LogP contribution in [0.5, 0.6) is 5.75 Å². The summed E-state index contributed by atoms with van der Waals surface area (Å²) in [5, 5.41) is 0. The van der Waals surface area contributed by atoms with Crippen LogP contribution in [0.3, 0.4) is 0 Å². The number of carbonyl (C=O) groups excluding carboxylic acids is 1. The molecule has 0 saturated carbocycles. The fourth-order valence-electron chi connectivity index (χ4n) is 1.80. The molecule has 0 amide bonds. The van der Waals surface area contributed by atoms with Crippen molar-refractivity contribution in [2.75, 3.05) is 6.61 Å². The Kier molecular flexibility index (Phi) is 4.72. The van der Waals surface area contributed by atoms with Crippen LogP contribution in [0, 0.1) is 0 Å². The number of hydrogen-bond donors (Lipinski definition) is 0. The molecule has 0 aliphatic rings. The molecule has 0 fully saturated rings. The van der Waals surface area contributed by atoms with Gasteiger partial charge >= 0.3 is 0 Å². The lowest BCUT2D eigenvalue weighted by Gasteiger charge is -2.07. The van der Waals surface area contributed by atoms with Crippen LogP contribution < -0.4 is 4.74 Å². The van der Waals surface area contributed by atoms with Crippen LogP contribution in [0.2, 0.25) is 0 Å². The number of hydrogen-bond acceptors (Lipinski definition) is 3. The molecule has 0 saturated heterocycles. The summed E-state index contributed by atoms with van der Waals surface area (Å²) in [5.74, 6) is 0.915. The van der Waals surface area contributed by atoms with E-state index in [0.29, 0.717) is 19.4 Å². The van der Waals surface area contributed by atoms with E-state index in [9.17, 15) is 4.79 Å². The second kappa shape index (κ2) is 6.73. The molecule has 0 radical (unpaired) electrons. The maximum atomic E-state index is 11.7. The fourth-order valence-corrected chi connectivity index (χ4v) is 1.80. The monoisotopic (exact) mass is 258 g/mol. The summed E-state index contributed by atoms with van der Waals surface area (Å²) in [6, 6.07) is 8.05. The predicted molar refractivity (Wildman–Crippen MR) is 73.4 cm³/mol. The van der Waals surface area contributed by atoms with Crippen molar-refractivity contribution in [1.29, 1.82) is 0 Å². The molecule has 100 valence electrons. The number of rotatable bonds is 6. The van der Waals surface area contributed by atoms with Crippen molar-refractivity contribution in [3.63, 3.8) is 0 Å². The molecular weight excluding hydrogens is 240 g/mol. The number of ether oxygens (including phenoxy) is 1. The van der Waals surface area contributed by atoms with Gasteiger partial charge in [0.2, 0.25) is 5.91 Å². The minimum atomic E-state index is 0.0448. The van der Waals surface area contributed by atoms with Crippen molar-refractivity contribution in [2.45, 2.75) is 26.2 Å². The van der Waals surface area contributed by atoms with E-state index in [1.807, 2.05) is 18.2 Å². The van der Waals surface area contributed by atoms with Crippen molar-refractivity contribution in [3.05, 3.63) is 48.5 Å². The fraction of sp³-hybridized carbons (Fsp3) is 0.333. The molecule has 0 unspecified atom stereocenters. The predicted octanol–water partition coefficient (Wildman–Crippen LogP) is 2.94. The SMILES string of the molecule is CCc1cccc(OCCCC(=O)n2ccnc2)c1. The molecule has 0 atom stereocenters. The third-order valence-electron chi connectivity index (χ3n) is 2.90. The van der Waals surface area contributed by atoms with Crippen LogP contribution in [0.15, 0.2) is 43.0 Å². The van der Waals surface area contributed by atoms with Crippen molar-refractivity contribution in [2.24, 2.45) is 0 Å². The Bertz CT molecular complexity index is 521. The third-order valence-corrected chi connectivity index (χ3v) is 2.90. The second-order valence-corrected chi connectivity index (χ2v) is 4.32. The van der Waals surface area contributed by atoms with E-state index in [-0.39, 0.29) is 5.91 Å². The molecule has 0 aliphatic heterocycles. The first-order valence-electron chi connectivity index (χ1n) is 6.52. The van der Waals surface area contributed by atoms with Crippen LogP contribution >= 0.6 is 0 Å². The van der Waals surface area contributed by atoms with E-state index in [1.165, 1.54) is 16.5 Å². The first kappa shape index (κ1) is 13.3. The summed E-state index contributed by atoms with van der Waals surface area (Å²) in [7, 11) is 0. The minimum absolute atomic E-state index is 0.0448. The summed E-state index contributed by atoms with van der Waals surface area (Å²) in [6.07, 6.45) is 6.94. The van der Waals surface area contributed by atoms with Gasteiger partial charge < -0.3 is 4.74 Å². The van der Waals surface area contributed by atoms with E-state index in [0.717, 1.165) is 12.2 Å². The molecule has 4 heteroatoms. The van der Waals surface area contributed by atoms with Gasteiger partial charge in [-0.1, -0.05) is 19.1 Å². The number of aromatic nitrogens is 2. The lowest BCUT2D eigenvalue weighted by Crippen LogP contribution is -2.10. The Morgan fingerprint density at radius 1 is 1.42 bits per heavy atom. The van der Waals surface area contributed by atoms with Crippen molar-refractivity contribution in [3.8, 4) is 5.75 Å². The van der Waals surface area contributed by atoms with Gasteiger partial charge in [-0.15, -0.1) is 0 Å². The number of carbonyl (C=O) groups is 1. The zero-order valence-corrected chi connectivity index (χ0v) is 11.1. The topological polar surface area (TPSA) is 44.1 Å². The highest BCUT2D eigenvalue weighted by molar-refractivity contribution is 5.78. The van der Waals surface area contributed by atoms with E-state index in [2.05, 4.69) is 18.0 Å². The number of aryl methyl sites for hydroxylation is 1. The molecule has 0 N–H and O–H groups in total. The summed E-state index contributed by atoms with van der Waals surface area (Å²) in [5.41, 5.74) is 1.26. The second-order valence-electron chi connectivity index (χ2n) is 4.32. The molecule has 1 aromatic carbocycles. The van der Waals surface area contributed by atoms with E-state index >= 15 is 0 Å². The molecular formula is C15H18N2O2. The van der Waals surface area contributed by atoms with Gasteiger partial charge in [-0.25, -0.2) is 4.98 Å². The van der Waals surface area contributed by atoms with Gasteiger partial charge in [0.1, 0.15) is 12.1 Å². The van der Waals surface area contributed by atoms with Crippen molar-refractivity contribution < 1.29 is 9.53 Å². The summed E-state index contributed by atoms with van der Waals surface area (Å²) >= 11 is 0. The van der Waals surface area contributed by atoms with Gasteiger partial charge in [0, 0.05) is 18.8 Å². The standard InChI is InChI=1S/C15H18N2O2/c1-2-13-5-3-6-14(11-13)19-10-4-7-15(18)17-9-8-16-12-17/h3,5-6,8-9,11-12H,2,4,7,10H2,1H3. The van der Waals surface area contributed by atoms with Crippen molar-refractivity contribution >= 4 is 5.91 Å². The molecule has 0 bridgehead atoms. The molecule has 1 heterocycles. The van der Waals surface area contributed by atoms with Crippen molar-refractivity contribution in [1.82, 2.24) is 9.55 Å². The summed E-state index contributed by atoms with van der Waals surface area (Å²) in [4.78, 5) is 15.5. The van der Waals surface area contributed by atoms with E-state index in [1.54, 1.807) is 12.4 Å². The van der Waals surface area contributed by atoms with Gasteiger partial charge in [0.25, 0.3) is 0 Å². The molecule has 1 aromatic heterocycles. The van der Waals surface area contributed by atoms with Gasteiger partial charge in [-0.3, -0.25) is 9.36 Å². The number of benzene rings is 1. The quantitative estimate of drug-likeness (QED) is 0.748. The Hall–Kier alpha value is -2.10. The zero-order chi connectivity index (χ0) is 13.5. The molecule has 2 aromatic rings. The lowest BCUT2D eigenvalue weighted by atomic mass is 10.2. The van der Waals surface area contributed by atoms with Crippen LogP contribution in [0.1, 0.15) is 30.1 Å². The normalized spacial score (nSPS) is 10.4. The molecule has 4 nitrogen and oxygen atoms in total. The lowest BCUT2D eigenvalue weighted by molar-refractivity contribution is 0.0893. The highest BCUT2D eigenvalue weighted by Gasteiger charge is 2.03. The molecule has 0 aliphatic carbocycles. The first-order valence-corrected chi connectivity index (χ1v) is 6.52. The van der Waals surface area contributed by atoms with Crippen LogP contribution in [-0.4, -0.2) is 22.1 Å². The molecule has 19 heavy (non-hydrogen) atoms. The highest BCUT2D eigenvalue weighted by Crippen LogP contribution is 2.14. The van der Waals surface area contributed by atoms with Gasteiger partial charge in [-0.05, 0) is 30.5 Å². The average Bonchev–Trinajstić information content (AvgIpc) is 2.98. The van der Waals surface area contributed by atoms with Gasteiger partial charge in [0.05, 0.1) is 6.61 Å². The maximum absolute atomic E-state index is 11.7. The third kappa shape index (κ3) is 3.95. The summed E-state index contributed by atoms with van der Waals surface area (Å²) < 4.78 is 7.14. The van der Waals surface area contributed by atoms with Crippen LogP contribution in [-0.2, 0) is 6.42 Å². The minimum Gasteiger partial charge on any atom is -0.494 e. The van der Waals surface area contributed by atoms with E-state index < -0.39 is 0 Å². The van der Waals surface area contributed by atoms with Crippen LogP contribution in [0.25, 0.3) is 0 Å². The smallest absolute Gasteiger partial charge is 0.231 e. The molecule has 0 spiro atoms. The Morgan fingerprint density at radius 2 is 2.32 bits per heavy atom. The Balaban J connectivity index is 1.73. The maximum Gasteiger partial charge on any atom is 0.231 e. The number of imidazole rings is 1. The van der Waals surface area contributed by atoms with Gasteiger partial charge in [-0.2, -0.15) is 0 Å². The average molecular weight is 258 g/mol. The number of nitrogens with zero attached hydrogens (tertiary/aromatic N) is 2. The van der Waals surface area contributed by atoms with Gasteiger partial charge in [0.15, 0.2) is 0 Å². The van der Waals surface area contributed by atoms with E-state index in [4.69, 9.17) is 4.74 Å². The largest absolute Gasteiger partial charge is 0.494 e. The Morgan fingerprint density at radius 3 is 3.05 bits per heavy atom. The summed E-state index contributed by atoms with van der Waals surface area (Å²) in [6.45, 7) is 2.66. The van der Waals surface area contributed by atoms with Crippen LogP contribution in [0.4, 0.5) is 0 Å². The zero-order valence-electron chi connectivity index (χ0n) is 11.1. The first-order chi connectivity index (χ1) is 9.29. The highest BCUT2D eigenvalue weighted by atomic mass is 16.5.